The smallest absolute Gasteiger partial charge is 0.309 e. The first-order chi connectivity index (χ1) is 19.9. The Kier molecular flexibility index (Phi) is 6.55. The Labute approximate surface area is 235 Å². The molecule has 2 atom stereocenters. The summed E-state index contributed by atoms with van der Waals surface area (Å²) >= 11 is 1.06. The van der Waals surface area contributed by atoms with Crippen molar-refractivity contribution < 1.29 is 17.9 Å². The minimum atomic E-state index is -1.11. The van der Waals surface area contributed by atoms with E-state index in [0.29, 0.717) is 84.8 Å². The third kappa shape index (κ3) is 4.79. The fraction of sp³-hybridized carbons (Fsp3) is 0.385. The summed E-state index contributed by atoms with van der Waals surface area (Å²) in [5, 5.41) is 7.31. The number of nitrogen functional groups attached to an aromatic ring is 1. The molecule has 0 saturated carbocycles. The monoisotopic (exact) mass is 583 g/mol. The van der Waals surface area contributed by atoms with Crippen molar-refractivity contribution in [3.8, 4) is 17.3 Å². The van der Waals surface area contributed by atoms with Crippen LogP contribution in [0.3, 0.4) is 0 Å². The number of ether oxygens (including phenoxy) is 1. The molecule has 0 bridgehead atoms. The molecule has 15 heteroatoms. The van der Waals surface area contributed by atoms with Gasteiger partial charge in [-0.1, -0.05) is 11.3 Å². The summed E-state index contributed by atoms with van der Waals surface area (Å²) in [5.41, 5.74) is 7.60. The summed E-state index contributed by atoms with van der Waals surface area (Å²) in [6.45, 7) is 4.33. The number of nitrogens with two attached hydrogens (primary N) is 1. The highest BCUT2D eigenvalue weighted by molar-refractivity contribution is 7.17. The van der Waals surface area contributed by atoms with Crippen molar-refractivity contribution in [2.75, 3.05) is 56.4 Å². The third-order valence-corrected chi connectivity index (χ3v) is 8.47. The maximum atomic E-state index is 14.9. The molecule has 4 aromatic heterocycles. The number of halogens is 2. The predicted molar refractivity (Wildman–Crippen MR) is 150 cm³/mol. The molecule has 2 aliphatic heterocycles. The number of aromatic nitrogens is 5. The fourth-order valence-corrected chi connectivity index (χ4v) is 6.25. The molecule has 2 fully saturated rings. The number of alkyl halides is 1. The van der Waals surface area contributed by atoms with E-state index in [-0.39, 0.29) is 17.4 Å². The van der Waals surface area contributed by atoms with E-state index in [9.17, 15) is 13.6 Å². The summed E-state index contributed by atoms with van der Waals surface area (Å²) in [5.74, 6) is 0.907. The summed E-state index contributed by atoms with van der Waals surface area (Å²) in [7, 11) is 0. The van der Waals surface area contributed by atoms with Gasteiger partial charge in [-0.25, -0.2) is 13.8 Å². The first-order valence-electron chi connectivity index (χ1n) is 13.3. The van der Waals surface area contributed by atoms with Gasteiger partial charge < -0.3 is 25.1 Å². The highest BCUT2D eigenvalue weighted by Gasteiger charge is 2.29. The van der Waals surface area contributed by atoms with Gasteiger partial charge in [0.2, 0.25) is 11.8 Å². The topological polar surface area (TPSA) is 132 Å². The SMILES string of the molecule is Nc1nc2c(sc(=O)n2CCN2CCN(c3ccc(O[C@H]4CNC[C@@H]4F)cc3F)CC2)c2nc(-c3ccco3)nn12. The molecular formula is C26H27F2N9O3S. The van der Waals surface area contributed by atoms with E-state index >= 15 is 0 Å². The Morgan fingerprint density at radius 1 is 1.12 bits per heavy atom. The van der Waals surface area contributed by atoms with Crippen molar-refractivity contribution in [3.63, 3.8) is 0 Å². The lowest BCUT2D eigenvalue weighted by molar-refractivity contribution is 0.139. The number of nitrogens with zero attached hydrogens (tertiary/aromatic N) is 7. The van der Waals surface area contributed by atoms with E-state index in [2.05, 4.69) is 25.3 Å². The number of nitrogens with one attached hydrogen (secondary N) is 1. The second kappa shape index (κ2) is 10.4. The zero-order valence-electron chi connectivity index (χ0n) is 21.9. The van der Waals surface area contributed by atoms with Gasteiger partial charge in [0, 0.05) is 58.4 Å². The van der Waals surface area contributed by atoms with Crippen LogP contribution in [0.5, 0.6) is 5.75 Å². The van der Waals surface area contributed by atoms with Gasteiger partial charge in [0.1, 0.15) is 22.4 Å². The van der Waals surface area contributed by atoms with Gasteiger partial charge in [0.25, 0.3) is 0 Å². The molecule has 0 radical (unpaired) electrons. The number of hydrogen-bond acceptors (Lipinski definition) is 11. The van der Waals surface area contributed by atoms with Gasteiger partial charge >= 0.3 is 4.87 Å². The Morgan fingerprint density at radius 3 is 2.71 bits per heavy atom. The third-order valence-electron chi connectivity index (χ3n) is 7.51. The van der Waals surface area contributed by atoms with E-state index in [1.165, 1.54) is 16.8 Å². The van der Waals surface area contributed by atoms with Crippen LogP contribution in [0.2, 0.25) is 0 Å². The Morgan fingerprint density at radius 2 is 1.98 bits per heavy atom. The quantitative estimate of drug-likeness (QED) is 0.293. The normalized spacial score (nSPS) is 20.0. The molecule has 214 valence electrons. The zero-order chi connectivity index (χ0) is 28.1. The lowest BCUT2D eigenvalue weighted by atomic mass is 10.2. The molecule has 1 aromatic carbocycles. The number of rotatable bonds is 7. The molecule has 41 heavy (non-hydrogen) atoms. The molecule has 7 rings (SSSR count). The number of benzene rings is 1. The summed E-state index contributed by atoms with van der Waals surface area (Å²) in [6, 6.07) is 8.19. The van der Waals surface area contributed by atoms with Crippen molar-refractivity contribution in [2.24, 2.45) is 0 Å². The second-order valence-electron chi connectivity index (χ2n) is 10.1. The van der Waals surface area contributed by atoms with Gasteiger partial charge in [0.15, 0.2) is 23.2 Å². The molecule has 2 saturated heterocycles. The maximum absolute atomic E-state index is 14.9. The average molecular weight is 584 g/mol. The molecule has 6 heterocycles. The molecular weight excluding hydrogens is 556 g/mol. The zero-order valence-corrected chi connectivity index (χ0v) is 22.7. The number of hydrogen-bond donors (Lipinski definition) is 2. The lowest BCUT2D eigenvalue weighted by Crippen LogP contribution is -2.47. The minimum Gasteiger partial charge on any atom is -0.486 e. The van der Waals surface area contributed by atoms with Crippen LogP contribution in [0.1, 0.15) is 0 Å². The number of thiazole rings is 1. The van der Waals surface area contributed by atoms with Crippen LogP contribution in [0.25, 0.3) is 27.6 Å². The van der Waals surface area contributed by atoms with Gasteiger partial charge in [-0.2, -0.15) is 9.50 Å². The van der Waals surface area contributed by atoms with Gasteiger partial charge in [-0.15, -0.1) is 5.10 Å². The van der Waals surface area contributed by atoms with E-state index in [0.717, 1.165) is 11.3 Å². The van der Waals surface area contributed by atoms with Gasteiger partial charge in [-0.3, -0.25) is 14.3 Å². The largest absolute Gasteiger partial charge is 0.486 e. The Balaban J connectivity index is 1.01. The average Bonchev–Trinajstić information content (AvgIpc) is 3.76. The summed E-state index contributed by atoms with van der Waals surface area (Å²) < 4.78 is 43.4. The van der Waals surface area contributed by atoms with E-state index < -0.39 is 18.1 Å². The van der Waals surface area contributed by atoms with Crippen LogP contribution in [0.15, 0.2) is 45.8 Å². The first kappa shape index (κ1) is 25.9. The van der Waals surface area contributed by atoms with Crippen LogP contribution in [0.4, 0.5) is 20.4 Å². The van der Waals surface area contributed by atoms with Gasteiger partial charge in [0.05, 0.1) is 12.0 Å². The molecule has 3 N–H and O–H groups in total. The minimum absolute atomic E-state index is 0.126. The molecule has 2 aliphatic rings. The predicted octanol–water partition coefficient (Wildman–Crippen LogP) is 1.99. The van der Waals surface area contributed by atoms with Crippen LogP contribution in [0, 0.1) is 5.82 Å². The lowest BCUT2D eigenvalue weighted by Gasteiger charge is -2.36. The highest BCUT2D eigenvalue weighted by Crippen LogP contribution is 2.28. The summed E-state index contributed by atoms with van der Waals surface area (Å²) in [6.07, 6.45) is -0.178. The Bertz CT molecular complexity index is 1760. The van der Waals surface area contributed by atoms with Crippen LogP contribution < -0.4 is 25.6 Å². The van der Waals surface area contributed by atoms with Crippen LogP contribution in [-0.4, -0.2) is 87.1 Å². The first-order valence-corrected chi connectivity index (χ1v) is 14.1. The molecule has 0 spiro atoms. The Hall–Kier alpha value is -4.08. The van der Waals surface area contributed by atoms with Crippen molar-refractivity contribution in [1.82, 2.24) is 34.4 Å². The number of fused-ring (bicyclic) bond motifs is 3. The molecule has 0 aliphatic carbocycles. The van der Waals surface area contributed by atoms with Crippen molar-refractivity contribution in [1.29, 1.82) is 0 Å². The fourth-order valence-electron chi connectivity index (χ4n) is 5.32. The maximum Gasteiger partial charge on any atom is 0.309 e. The van der Waals surface area contributed by atoms with Crippen molar-refractivity contribution >= 4 is 39.0 Å². The molecule has 12 nitrogen and oxygen atoms in total. The van der Waals surface area contributed by atoms with E-state index in [1.807, 2.05) is 4.90 Å². The van der Waals surface area contributed by atoms with E-state index in [4.69, 9.17) is 14.9 Å². The molecule has 0 amide bonds. The molecule has 5 aromatic rings. The van der Waals surface area contributed by atoms with Crippen LogP contribution in [-0.2, 0) is 6.54 Å². The second-order valence-corrected chi connectivity index (χ2v) is 11.0. The standard InChI is InChI=1S/C26H27F2N9O3S/c27-16-12-15(40-20-14-30-13-17(20)28)3-4-18(16)35-8-5-34(6-9-35)7-10-36-23-21(41-26(36)38)24-31-22(19-2-1-11-39-19)33-37(24)25(29)32-23/h1-4,11-12,17,20,30H,5-10,13-14H2,(H2,29,32)/t17-,20-/m0/s1. The number of furan rings is 1. The van der Waals surface area contributed by atoms with Gasteiger partial charge in [-0.05, 0) is 24.3 Å². The van der Waals surface area contributed by atoms with Crippen LogP contribution >= 0.6 is 11.3 Å². The highest BCUT2D eigenvalue weighted by atomic mass is 32.1. The molecule has 0 unspecified atom stereocenters. The van der Waals surface area contributed by atoms with E-state index in [1.54, 1.807) is 28.8 Å². The number of anilines is 2. The summed E-state index contributed by atoms with van der Waals surface area (Å²) in [4.78, 5) is 26.0. The number of piperazine rings is 1. The van der Waals surface area contributed by atoms with Crippen molar-refractivity contribution in [3.05, 3.63) is 52.1 Å². The van der Waals surface area contributed by atoms with Crippen molar-refractivity contribution in [2.45, 2.75) is 18.8 Å².